The molecule has 0 aromatic heterocycles. The maximum Gasteiger partial charge on any atom is 0.123 e. The molecule has 0 amide bonds. The molecule has 0 aliphatic carbocycles. The Balaban J connectivity index is 2.32. The second-order valence-electron chi connectivity index (χ2n) is 3.69. The van der Waals surface area contributed by atoms with Gasteiger partial charge < -0.3 is 5.32 Å². The van der Waals surface area contributed by atoms with Crippen LogP contribution in [-0.2, 0) is 0 Å². The number of rotatable bonds is 1. The number of halogens is 1. The molecular formula is C11H14FN. The summed E-state index contributed by atoms with van der Waals surface area (Å²) in [5.41, 5.74) is 2.38. The second kappa shape index (κ2) is 3.46. The smallest absolute Gasteiger partial charge is 0.123 e. The van der Waals surface area contributed by atoms with Gasteiger partial charge >= 0.3 is 0 Å². The van der Waals surface area contributed by atoms with Crippen LogP contribution >= 0.6 is 0 Å². The van der Waals surface area contributed by atoms with Gasteiger partial charge in [-0.25, -0.2) is 4.39 Å². The minimum atomic E-state index is -0.118. The summed E-state index contributed by atoms with van der Waals surface area (Å²) in [6, 6.07) is 5.07. The lowest BCUT2D eigenvalue weighted by Gasteiger charge is -2.11. The predicted molar refractivity (Wildman–Crippen MR) is 51.4 cm³/mol. The summed E-state index contributed by atoms with van der Waals surface area (Å²) in [6.07, 6.45) is 1.13. The fourth-order valence-corrected chi connectivity index (χ4v) is 1.97. The topological polar surface area (TPSA) is 12.0 Å². The van der Waals surface area contributed by atoms with Crippen molar-refractivity contribution in [2.24, 2.45) is 0 Å². The predicted octanol–water partition coefficient (Wildman–Crippen LogP) is 2.21. The van der Waals surface area contributed by atoms with E-state index in [4.69, 9.17) is 0 Å². The molecule has 1 heterocycles. The van der Waals surface area contributed by atoms with Gasteiger partial charge in [-0.15, -0.1) is 0 Å². The standard InChI is InChI=1S/C11H14FN/c1-8-2-3-10(12)6-11(8)9-4-5-13-7-9/h2-3,6,9,13H,4-5,7H2,1H3/t9-/m0/s1. The number of hydrogen-bond donors (Lipinski definition) is 1. The first-order valence-corrected chi connectivity index (χ1v) is 4.74. The first-order chi connectivity index (χ1) is 6.27. The quantitative estimate of drug-likeness (QED) is 0.697. The van der Waals surface area contributed by atoms with E-state index in [0.29, 0.717) is 5.92 Å². The summed E-state index contributed by atoms with van der Waals surface area (Å²) in [4.78, 5) is 0. The maximum absolute atomic E-state index is 13.0. The summed E-state index contributed by atoms with van der Waals surface area (Å²) in [5.74, 6) is 0.392. The van der Waals surface area contributed by atoms with E-state index < -0.39 is 0 Å². The van der Waals surface area contributed by atoms with Crippen LogP contribution < -0.4 is 5.32 Å². The minimum Gasteiger partial charge on any atom is -0.316 e. The molecule has 0 spiro atoms. The third-order valence-electron chi connectivity index (χ3n) is 2.74. The van der Waals surface area contributed by atoms with E-state index in [1.54, 1.807) is 6.07 Å². The van der Waals surface area contributed by atoms with E-state index in [1.807, 2.05) is 13.0 Å². The van der Waals surface area contributed by atoms with Crippen molar-refractivity contribution in [3.8, 4) is 0 Å². The molecule has 1 nitrogen and oxygen atoms in total. The lowest BCUT2D eigenvalue weighted by molar-refractivity contribution is 0.620. The van der Waals surface area contributed by atoms with Crippen LogP contribution in [0.4, 0.5) is 4.39 Å². The molecule has 1 aliphatic heterocycles. The fraction of sp³-hybridized carbons (Fsp3) is 0.455. The monoisotopic (exact) mass is 179 g/mol. The van der Waals surface area contributed by atoms with Crippen LogP contribution in [0.5, 0.6) is 0 Å². The van der Waals surface area contributed by atoms with Crippen LogP contribution in [0.2, 0.25) is 0 Å². The van der Waals surface area contributed by atoms with Gasteiger partial charge in [0.05, 0.1) is 0 Å². The van der Waals surface area contributed by atoms with Gasteiger partial charge in [0.15, 0.2) is 0 Å². The highest BCUT2D eigenvalue weighted by Gasteiger charge is 2.18. The van der Waals surface area contributed by atoms with E-state index in [2.05, 4.69) is 5.32 Å². The first-order valence-electron chi connectivity index (χ1n) is 4.74. The van der Waals surface area contributed by atoms with Crippen LogP contribution in [-0.4, -0.2) is 13.1 Å². The van der Waals surface area contributed by atoms with Crippen molar-refractivity contribution in [3.05, 3.63) is 35.1 Å². The first kappa shape index (κ1) is 8.70. The molecule has 1 aromatic carbocycles. The molecule has 2 rings (SSSR count). The van der Waals surface area contributed by atoms with Crippen molar-refractivity contribution in [2.75, 3.05) is 13.1 Å². The molecule has 1 aromatic rings. The van der Waals surface area contributed by atoms with E-state index in [9.17, 15) is 4.39 Å². The zero-order valence-electron chi connectivity index (χ0n) is 7.81. The average molecular weight is 179 g/mol. The Morgan fingerprint density at radius 3 is 3.00 bits per heavy atom. The van der Waals surface area contributed by atoms with Crippen molar-refractivity contribution in [1.29, 1.82) is 0 Å². The zero-order chi connectivity index (χ0) is 9.26. The molecule has 70 valence electrons. The van der Waals surface area contributed by atoms with Crippen LogP contribution in [0.3, 0.4) is 0 Å². The number of nitrogens with one attached hydrogen (secondary N) is 1. The van der Waals surface area contributed by atoms with Gasteiger partial charge in [-0.1, -0.05) is 6.07 Å². The molecule has 1 fully saturated rings. The lowest BCUT2D eigenvalue weighted by Crippen LogP contribution is -2.08. The van der Waals surface area contributed by atoms with E-state index >= 15 is 0 Å². The van der Waals surface area contributed by atoms with Gasteiger partial charge in [0, 0.05) is 6.54 Å². The Hall–Kier alpha value is -0.890. The second-order valence-corrected chi connectivity index (χ2v) is 3.69. The summed E-state index contributed by atoms with van der Waals surface area (Å²) >= 11 is 0. The fourth-order valence-electron chi connectivity index (χ4n) is 1.97. The van der Waals surface area contributed by atoms with Gasteiger partial charge in [-0.2, -0.15) is 0 Å². The number of aryl methyl sites for hydroxylation is 1. The van der Waals surface area contributed by atoms with Crippen LogP contribution in [0, 0.1) is 12.7 Å². The molecule has 1 saturated heterocycles. The Morgan fingerprint density at radius 2 is 2.31 bits per heavy atom. The molecule has 0 saturated carbocycles. The lowest BCUT2D eigenvalue weighted by atomic mass is 9.94. The largest absolute Gasteiger partial charge is 0.316 e. The number of benzene rings is 1. The summed E-state index contributed by atoms with van der Waals surface area (Å²) < 4.78 is 13.0. The highest BCUT2D eigenvalue weighted by Crippen LogP contribution is 2.25. The van der Waals surface area contributed by atoms with Crippen LogP contribution in [0.15, 0.2) is 18.2 Å². The van der Waals surface area contributed by atoms with E-state index in [-0.39, 0.29) is 5.82 Å². The molecule has 1 atom stereocenters. The van der Waals surface area contributed by atoms with Gasteiger partial charge in [0.25, 0.3) is 0 Å². The Morgan fingerprint density at radius 1 is 1.46 bits per heavy atom. The Bertz CT molecular complexity index is 303. The Kier molecular flexibility index (Phi) is 2.32. The molecule has 1 aliphatic rings. The zero-order valence-corrected chi connectivity index (χ0v) is 7.81. The summed E-state index contributed by atoms with van der Waals surface area (Å²) in [6.45, 7) is 4.10. The highest BCUT2D eigenvalue weighted by molar-refractivity contribution is 5.30. The van der Waals surface area contributed by atoms with Gasteiger partial charge in [0.2, 0.25) is 0 Å². The van der Waals surface area contributed by atoms with Crippen molar-refractivity contribution >= 4 is 0 Å². The van der Waals surface area contributed by atoms with Crippen molar-refractivity contribution in [2.45, 2.75) is 19.3 Å². The Labute approximate surface area is 78.0 Å². The third-order valence-corrected chi connectivity index (χ3v) is 2.74. The van der Waals surface area contributed by atoms with Crippen molar-refractivity contribution < 1.29 is 4.39 Å². The van der Waals surface area contributed by atoms with Crippen LogP contribution in [0.25, 0.3) is 0 Å². The average Bonchev–Trinajstić information content (AvgIpc) is 2.61. The van der Waals surface area contributed by atoms with E-state index in [0.717, 1.165) is 19.5 Å². The van der Waals surface area contributed by atoms with Crippen molar-refractivity contribution in [3.63, 3.8) is 0 Å². The molecular weight excluding hydrogens is 165 g/mol. The molecule has 2 heteroatoms. The molecule has 1 N–H and O–H groups in total. The van der Waals surface area contributed by atoms with Gasteiger partial charge in [-0.3, -0.25) is 0 Å². The third kappa shape index (κ3) is 1.73. The van der Waals surface area contributed by atoms with Crippen molar-refractivity contribution in [1.82, 2.24) is 5.32 Å². The van der Waals surface area contributed by atoms with Crippen LogP contribution in [0.1, 0.15) is 23.5 Å². The van der Waals surface area contributed by atoms with Gasteiger partial charge in [0.1, 0.15) is 5.82 Å². The maximum atomic E-state index is 13.0. The summed E-state index contributed by atoms with van der Waals surface area (Å²) in [7, 11) is 0. The van der Waals surface area contributed by atoms with E-state index in [1.165, 1.54) is 17.2 Å². The highest BCUT2D eigenvalue weighted by atomic mass is 19.1. The minimum absolute atomic E-state index is 0.118. The molecule has 0 unspecified atom stereocenters. The number of hydrogen-bond acceptors (Lipinski definition) is 1. The molecule has 0 radical (unpaired) electrons. The molecule has 0 bridgehead atoms. The summed E-state index contributed by atoms with van der Waals surface area (Å²) in [5, 5.41) is 3.30. The normalized spacial score (nSPS) is 22.2. The SMILES string of the molecule is Cc1ccc(F)cc1[C@H]1CCNC1. The van der Waals surface area contributed by atoms with Gasteiger partial charge in [-0.05, 0) is 49.1 Å². The molecule has 13 heavy (non-hydrogen) atoms.